The summed E-state index contributed by atoms with van der Waals surface area (Å²) >= 11 is 0. The van der Waals surface area contributed by atoms with Gasteiger partial charge in [-0.25, -0.2) is 19.3 Å². The Morgan fingerprint density at radius 2 is 1.66 bits per heavy atom. The number of rotatable bonds is 7. The summed E-state index contributed by atoms with van der Waals surface area (Å²) in [6, 6.07) is 14.4. The lowest BCUT2D eigenvalue weighted by molar-refractivity contribution is 0.0978. The SMILES string of the molecule is CN(C)c1cccc(CCC(=O)c2nc(-c3ccc(=O)n(C)c3)c(-c3ccc(F)cc3)nc2N)n1. The molecule has 35 heavy (non-hydrogen) atoms. The average molecular weight is 473 g/mol. The molecule has 1 aromatic carbocycles. The van der Waals surface area contributed by atoms with Gasteiger partial charge >= 0.3 is 0 Å². The van der Waals surface area contributed by atoms with E-state index in [9.17, 15) is 14.0 Å². The Kier molecular flexibility index (Phi) is 6.68. The van der Waals surface area contributed by atoms with Crippen LogP contribution in [0.3, 0.4) is 0 Å². The maximum atomic E-state index is 13.5. The van der Waals surface area contributed by atoms with E-state index in [1.165, 1.54) is 22.8 Å². The number of nitrogens with zero attached hydrogens (tertiary/aromatic N) is 5. The molecule has 8 nitrogen and oxygen atoms in total. The Hall–Kier alpha value is -4.40. The Balaban J connectivity index is 1.73. The van der Waals surface area contributed by atoms with Crippen LogP contribution in [-0.4, -0.2) is 39.4 Å². The van der Waals surface area contributed by atoms with Crippen LogP contribution in [-0.2, 0) is 13.5 Å². The van der Waals surface area contributed by atoms with Crippen molar-refractivity contribution in [2.24, 2.45) is 7.05 Å². The predicted molar refractivity (Wildman–Crippen MR) is 134 cm³/mol. The van der Waals surface area contributed by atoms with Crippen molar-refractivity contribution in [3.8, 4) is 22.5 Å². The molecule has 0 unspecified atom stereocenters. The molecule has 0 radical (unpaired) electrons. The van der Waals surface area contributed by atoms with Gasteiger partial charge < -0.3 is 15.2 Å². The van der Waals surface area contributed by atoms with Crippen LogP contribution < -0.4 is 16.2 Å². The molecule has 3 aromatic heterocycles. The average Bonchev–Trinajstić information content (AvgIpc) is 2.85. The number of carbonyl (C=O) groups is 1. The number of nitrogens with two attached hydrogens (primary N) is 1. The summed E-state index contributed by atoms with van der Waals surface area (Å²) in [5.41, 5.74) is 8.73. The Morgan fingerprint density at radius 1 is 0.971 bits per heavy atom. The maximum absolute atomic E-state index is 13.5. The van der Waals surface area contributed by atoms with E-state index in [1.807, 2.05) is 37.2 Å². The van der Waals surface area contributed by atoms with Crippen molar-refractivity contribution in [1.29, 1.82) is 0 Å². The first-order valence-corrected chi connectivity index (χ1v) is 11.0. The van der Waals surface area contributed by atoms with E-state index >= 15 is 0 Å². The normalized spacial score (nSPS) is 10.9. The summed E-state index contributed by atoms with van der Waals surface area (Å²) in [7, 11) is 5.42. The molecule has 4 aromatic rings. The molecule has 4 rings (SSSR count). The van der Waals surface area contributed by atoms with Gasteiger partial charge in [0.1, 0.15) is 17.3 Å². The van der Waals surface area contributed by atoms with Crippen LogP contribution >= 0.6 is 0 Å². The van der Waals surface area contributed by atoms with Crippen molar-refractivity contribution >= 4 is 17.4 Å². The van der Waals surface area contributed by atoms with E-state index in [0.717, 1.165) is 11.5 Å². The van der Waals surface area contributed by atoms with Crippen molar-refractivity contribution in [3.63, 3.8) is 0 Å². The summed E-state index contributed by atoms with van der Waals surface area (Å²) in [5.74, 6) is 0.119. The van der Waals surface area contributed by atoms with E-state index in [4.69, 9.17) is 5.73 Å². The van der Waals surface area contributed by atoms with Crippen LogP contribution in [0.2, 0.25) is 0 Å². The summed E-state index contributed by atoms with van der Waals surface area (Å²) in [6.45, 7) is 0. The number of benzene rings is 1. The van der Waals surface area contributed by atoms with Crippen LogP contribution in [0.15, 0.2) is 65.6 Å². The first kappa shape index (κ1) is 23.7. The van der Waals surface area contributed by atoms with E-state index in [1.54, 1.807) is 31.4 Å². The third-order valence-electron chi connectivity index (χ3n) is 5.52. The minimum absolute atomic E-state index is 0.0158. The van der Waals surface area contributed by atoms with Crippen molar-refractivity contribution in [2.75, 3.05) is 24.7 Å². The topological polar surface area (TPSA) is 107 Å². The highest BCUT2D eigenvalue weighted by molar-refractivity contribution is 5.99. The summed E-state index contributed by atoms with van der Waals surface area (Å²) < 4.78 is 14.9. The molecule has 2 N–H and O–H groups in total. The van der Waals surface area contributed by atoms with Gasteiger partial charge in [0.25, 0.3) is 0 Å². The lowest BCUT2D eigenvalue weighted by Crippen LogP contribution is -2.16. The van der Waals surface area contributed by atoms with E-state index in [0.29, 0.717) is 28.9 Å². The zero-order valence-corrected chi connectivity index (χ0v) is 19.7. The Bertz CT molecular complexity index is 1450. The monoisotopic (exact) mass is 472 g/mol. The molecule has 0 spiro atoms. The number of nitrogen functional groups attached to an aromatic ring is 1. The lowest BCUT2D eigenvalue weighted by atomic mass is 10.0. The molecule has 0 bridgehead atoms. The number of aromatic nitrogens is 4. The van der Waals surface area contributed by atoms with Gasteiger partial charge in [0.15, 0.2) is 11.6 Å². The number of pyridine rings is 2. The van der Waals surface area contributed by atoms with Gasteiger partial charge in [0.2, 0.25) is 5.56 Å². The van der Waals surface area contributed by atoms with Gasteiger partial charge in [-0.1, -0.05) is 6.07 Å². The van der Waals surface area contributed by atoms with Crippen molar-refractivity contribution in [1.82, 2.24) is 19.5 Å². The molecular weight excluding hydrogens is 447 g/mol. The first-order valence-electron chi connectivity index (χ1n) is 11.0. The van der Waals surface area contributed by atoms with Gasteiger partial charge in [-0.2, -0.15) is 0 Å². The zero-order chi connectivity index (χ0) is 25.1. The van der Waals surface area contributed by atoms with Gasteiger partial charge in [-0.3, -0.25) is 9.59 Å². The molecule has 0 aliphatic carbocycles. The van der Waals surface area contributed by atoms with Crippen molar-refractivity contribution < 1.29 is 9.18 Å². The zero-order valence-electron chi connectivity index (χ0n) is 19.7. The van der Waals surface area contributed by atoms with Crippen molar-refractivity contribution in [3.05, 3.63) is 88.4 Å². The van der Waals surface area contributed by atoms with E-state index in [-0.39, 0.29) is 29.3 Å². The second-order valence-corrected chi connectivity index (χ2v) is 8.33. The van der Waals surface area contributed by atoms with Crippen molar-refractivity contribution in [2.45, 2.75) is 12.8 Å². The Morgan fingerprint density at radius 3 is 2.34 bits per heavy atom. The summed E-state index contributed by atoms with van der Waals surface area (Å²) in [6.07, 6.45) is 2.17. The standard InChI is InChI=1S/C26H25FN6O2/c1-32(2)21-6-4-5-19(29-21)12-13-20(34)25-26(28)31-23(16-7-10-18(27)11-8-16)24(30-25)17-9-14-22(35)33(3)15-17/h4-11,14-15H,12-13H2,1-3H3,(H2,28,31). The minimum Gasteiger partial charge on any atom is -0.382 e. The van der Waals surface area contributed by atoms with E-state index in [2.05, 4.69) is 15.0 Å². The van der Waals surface area contributed by atoms with Gasteiger partial charge in [-0.15, -0.1) is 0 Å². The molecule has 3 heterocycles. The Labute approximate surface area is 201 Å². The van der Waals surface area contributed by atoms with Gasteiger partial charge in [0, 0.05) is 56.6 Å². The molecule has 0 fully saturated rings. The number of carbonyl (C=O) groups excluding carboxylic acids is 1. The minimum atomic E-state index is -0.392. The number of Topliss-reactive ketones (excluding diaryl/α,β-unsaturated/α-hetero) is 1. The van der Waals surface area contributed by atoms with E-state index < -0.39 is 5.82 Å². The van der Waals surface area contributed by atoms with Gasteiger partial charge in [-0.05, 0) is 48.9 Å². The fourth-order valence-electron chi connectivity index (χ4n) is 3.61. The number of ketones is 1. The molecule has 0 saturated carbocycles. The van der Waals surface area contributed by atoms with Crippen LogP contribution in [0.1, 0.15) is 22.6 Å². The van der Waals surface area contributed by atoms with Crippen LogP contribution in [0, 0.1) is 5.82 Å². The number of halogens is 1. The molecule has 0 aliphatic heterocycles. The molecule has 0 aliphatic rings. The van der Waals surface area contributed by atoms with Crippen LogP contribution in [0.5, 0.6) is 0 Å². The molecular formula is C26H25FN6O2. The highest BCUT2D eigenvalue weighted by Gasteiger charge is 2.20. The van der Waals surface area contributed by atoms with Crippen LogP contribution in [0.25, 0.3) is 22.5 Å². The summed E-state index contributed by atoms with van der Waals surface area (Å²) in [5, 5.41) is 0. The fourth-order valence-corrected chi connectivity index (χ4v) is 3.61. The smallest absolute Gasteiger partial charge is 0.250 e. The number of anilines is 2. The highest BCUT2D eigenvalue weighted by atomic mass is 19.1. The fraction of sp³-hybridized carbons (Fsp3) is 0.192. The maximum Gasteiger partial charge on any atom is 0.250 e. The predicted octanol–water partition coefficient (Wildman–Crippen LogP) is 3.51. The van der Waals surface area contributed by atoms with Crippen LogP contribution in [0.4, 0.5) is 16.0 Å². The highest BCUT2D eigenvalue weighted by Crippen LogP contribution is 2.31. The molecule has 9 heteroatoms. The third-order valence-corrected chi connectivity index (χ3v) is 5.52. The molecule has 0 amide bonds. The largest absolute Gasteiger partial charge is 0.382 e. The number of hydrogen-bond acceptors (Lipinski definition) is 7. The second-order valence-electron chi connectivity index (χ2n) is 8.33. The number of hydrogen-bond donors (Lipinski definition) is 1. The number of aryl methyl sites for hydroxylation is 2. The molecule has 0 atom stereocenters. The second kappa shape index (κ2) is 9.84. The molecule has 178 valence electrons. The van der Waals surface area contributed by atoms with Gasteiger partial charge in [0.05, 0.1) is 11.4 Å². The lowest BCUT2D eigenvalue weighted by Gasteiger charge is -2.14. The quantitative estimate of drug-likeness (QED) is 0.410. The first-order chi connectivity index (χ1) is 16.7. The molecule has 0 saturated heterocycles. The third kappa shape index (κ3) is 5.24. The summed E-state index contributed by atoms with van der Waals surface area (Å²) in [4.78, 5) is 40.6.